The van der Waals surface area contributed by atoms with E-state index in [9.17, 15) is 13.2 Å². The standard InChI is InChI=1S/C20H25ClN2O3S/c1-13-9-10-17(11-14(13)2)16(4)22-20(24)12-23(27(5,25)26)19-8-6-7-18(21)15(19)3/h6-11,16H,12H2,1-5H3,(H,22,24)/t16-/m1/s1. The Morgan fingerprint density at radius 2 is 1.81 bits per heavy atom. The van der Waals surface area contributed by atoms with Crippen LogP contribution < -0.4 is 9.62 Å². The highest BCUT2D eigenvalue weighted by atomic mass is 35.5. The van der Waals surface area contributed by atoms with Gasteiger partial charge in [-0.1, -0.05) is 35.9 Å². The molecule has 2 aromatic rings. The minimum Gasteiger partial charge on any atom is -0.348 e. The third-order valence-electron chi connectivity index (χ3n) is 4.60. The molecule has 0 aliphatic heterocycles. The van der Waals surface area contributed by atoms with Gasteiger partial charge in [-0.15, -0.1) is 0 Å². The summed E-state index contributed by atoms with van der Waals surface area (Å²) < 4.78 is 25.6. The van der Waals surface area contributed by atoms with Gasteiger partial charge in [-0.05, 0) is 62.1 Å². The monoisotopic (exact) mass is 408 g/mol. The number of amides is 1. The molecule has 27 heavy (non-hydrogen) atoms. The third-order valence-corrected chi connectivity index (χ3v) is 6.14. The number of rotatable bonds is 6. The number of nitrogens with one attached hydrogen (secondary N) is 1. The van der Waals surface area contributed by atoms with E-state index in [0.29, 0.717) is 16.3 Å². The molecule has 7 heteroatoms. The number of benzene rings is 2. The van der Waals surface area contributed by atoms with Crippen LogP contribution >= 0.6 is 11.6 Å². The Morgan fingerprint density at radius 1 is 1.15 bits per heavy atom. The molecule has 146 valence electrons. The minimum absolute atomic E-state index is 0.237. The van der Waals surface area contributed by atoms with E-state index in [2.05, 4.69) is 5.32 Å². The van der Waals surface area contributed by atoms with Gasteiger partial charge in [0.15, 0.2) is 0 Å². The second kappa shape index (κ2) is 8.31. The summed E-state index contributed by atoms with van der Waals surface area (Å²) in [5, 5.41) is 3.32. The van der Waals surface area contributed by atoms with Crippen LogP contribution in [0, 0.1) is 20.8 Å². The van der Waals surface area contributed by atoms with Crippen molar-refractivity contribution in [1.29, 1.82) is 0 Å². The van der Waals surface area contributed by atoms with Gasteiger partial charge in [0, 0.05) is 5.02 Å². The van der Waals surface area contributed by atoms with Gasteiger partial charge in [0.05, 0.1) is 18.0 Å². The molecule has 1 amide bonds. The zero-order valence-electron chi connectivity index (χ0n) is 16.2. The number of sulfonamides is 1. The van der Waals surface area contributed by atoms with Crippen LogP contribution in [-0.4, -0.2) is 27.1 Å². The number of aryl methyl sites for hydroxylation is 2. The Bertz CT molecular complexity index is 958. The summed E-state index contributed by atoms with van der Waals surface area (Å²) in [5.41, 5.74) is 4.30. The lowest BCUT2D eigenvalue weighted by molar-refractivity contribution is -0.120. The Labute approximate surface area is 166 Å². The Morgan fingerprint density at radius 3 is 2.41 bits per heavy atom. The van der Waals surface area contributed by atoms with E-state index < -0.39 is 10.0 Å². The minimum atomic E-state index is -3.65. The predicted octanol–water partition coefficient (Wildman–Crippen LogP) is 3.91. The van der Waals surface area contributed by atoms with E-state index in [-0.39, 0.29) is 18.5 Å². The van der Waals surface area contributed by atoms with Crippen LogP contribution in [0.4, 0.5) is 5.69 Å². The molecule has 1 N–H and O–H groups in total. The van der Waals surface area contributed by atoms with Crippen LogP contribution in [0.1, 0.15) is 35.2 Å². The molecule has 0 unspecified atom stereocenters. The van der Waals surface area contributed by atoms with Crippen molar-refractivity contribution < 1.29 is 13.2 Å². The molecule has 0 saturated heterocycles. The molecular formula is C20H25ClN2O3S. The highest BCUT2D eigenvalue weighted by Gasteiger charge is 2.24. The molecule has 0 heterocycles. The average molecular weight is 409 g/mol. The van der Waals surface area contributed by atoms with Gasteiger partial charge in [-0.2, -0.15) is 0 Å². The van der Waals surface area contributed by atoms with Gasteiger partial charge in [-0.25, -0.2) is 8.42 Å². The fourth-order valence-electron chi connectivity index (χ4n) is 2.78. The van der Waals surface area contributed by atoms with Crippen molar-refractivity contribution in [3.8, 4) is 0 Å². The first-order chi connectivity index (χ1) is 12.5. The maximum atomic E-state index is 12.6. The Kier molecular flexibility index (Phi) is 6.54. The third kappa shape index (κ3) is 5.23. The summed E-state index contributed by atoms with van der Waals surface area (Å²) >= 11 is 6.11. The number of nitrogens with zero attached hydrogens (tertiary/aromatic N) is 1. The first kappa shape index (κ1) is 21.3. The molecule has 0 fully saturated rings. The molecule has 0 aromatic heterocycles. The van der Waals surface area contributed by atoms with E-state index in [1.54, 1.807) is 25.1 Å². The van der Waals surface area contributed by atoms with Gasteiger partial charge in [0.1, 0.15) is 6.54 Å². The van der Waals surface area contributed by atoms with Crippen molar-refractivity contribution in [3.05, 3.63) is 63.7 Å². The van der Waals surface area contributed by atoms with Crippen molar-refractivity contribution in [1.82, 2.24) is 5.32 Å². The highest BCUT2D eigenvalue weighted by molar-refractivity contribution is 7.92. The van der Waals surface area contributed by atoms with Crippen molar-refractivity contribution in [3.63, 3.8) is 0 Å². The summed E-state index contributed by atoms with van der Waals surface area (Å²) in [6.45, 7) is 7.33. The lowest BCUT2D eigenvalue weighted by Crippen LogP contribution is -2.41. The second-order valence-corrected chi connectivity index (χ2v) is 9.10. The van der Waals surface area contributed by atoms with E-state index in [0.717, 1.165) is 21.7 Å². The zero-order chi connectivity index (χ0) is 20.4. The maximum Gasteiger partial charge on any atom is 0.241 e. The molecule has 5 nitrogen and oxygen atoms in total. The predicted molar refractivity (Wildman–Crippen MR) is 111 cm³/mol. The molecule has 2 rings (SSSR count). The summed E-state index contributed by atoms with van der Waals surface area (Å²) in [6.07, 6.45) is 1.08. The normalized spacial score (nSPS) is 12.5. The number of carbonyl (C=O) groups is 1. The average Bonchev–Trinajstić information content (AvgIpc) is 2.57. The van der Waals surface area contributed by atoms with E-state index in [4.69, 9.17) is 11.6 Å². The summed E-state index contributed by atoms with van der Waals surface area (Å²) in [5.74, 6) is -0.384. The van der Waals surface area contributed by atoms with E-state index in [1.165, 1.54) is 5.56 Å². The Balaban J connectivity index is 2.21. The van der Waals surface area contributed by atoms with E-state index >= 15 is 0 Å². The van der Waals surface area contributed by atoms with E-state index in [1.807, 2.05) is 39.0 Å². The van der Waals surface area contributed by atoms with Crippen molar-refractivity contribution in [2.45, 2.75) is 33.7 Å². The van der Waals surface area contributed by atoms with Crippen LogP contribution in [-0.2, 0) is 14.8 Å². The molecular weight excluding hydrogens is 384 g/mol. The van der Waals surface area contributed by atoms with Crippen LogP contribution in [0.5, 0.6) is 0 Å². The molecule has 0 aliphatic carbocycles. The van der Waals surface area contributed by atoms with Crippen LogP contribution in [0.3, 0.4) is 0 Å². The van der Waals surface area contributed by atoms with Gasteiger partial charge < -0.3 is 5.32 Å². The number of halogens is 1. The molecule has 0 saturated carbocycles. The summed E-state index contributed by atoms with van der Waals surface area (Å²) in [4.78, 5) is 12.6. The molecule has 0 spiro atoms. The molecule has 0 radical (unpaired) electrons. The topological polar surface area (TPSA) is 66.5 Å². The lowest BCUT2D eigenvalue weighted by atomic mass is 10.0. The van der Waals surface area contributed by atoms with Crippen molar-refractivity contribution in [2.75, 3.05) is 17.1 Å². The lowest BCUT2D eigenvalue weighted by Gasteiger charge is -2.25. The molecule has 0 bridgehead atoms. The first-order valence-corrected chi connectivity index (χ1v) is 10.8. The number of carbonyl (C=O) groups excluding carboxylic acids is 1. The van der Waals surface area contributed by atoms with Crippen LogP contribution in [0.15, 0.2) is 36.4 Å². The van der Waals surface area contributed by atoms with Crippen molar-refractivity contribution in [2.24, 2.45) is 0 Å². The van der Waals surface area contributed by atoms with Gasteiger partial charge >= 0.3 is 0 Å². The second-order valence-electron chi connectivity index (χ2n) is 6.79. The summed E-state index contributed by atoms with van der Waals surface area (Å²) in [7, 11) is -3.65. The van der Waals surface area contributed by atoms with Gasteiger partial charge in [-0.3, -0.25) is 9.10 Å². The zero-order valence-corrected chi connectivity index (χ0v) is 17.8. The van der Waals surface area contributed by atoms with Crippen molar-refractivity contribution >= 4 is 33.2 Å². The summed E-state index contributed by atoms with van der Waals surface area (Å²) in [6, 6.07) is 10.7. The fourth-order valence-corrected chi connectivity index (χ4v) is 3.86. The fraction of sp³-hybridized carbons (Fsp3) is 0.350. The quantitative estimate of drug-likeness (QED) is 0.787. The Hall–Kier alpha value is -2.05. The maximum absolute atomic E-state index is 12.6. The highest BCUT2D eigenvalue weighted by Crippen LogP contribution is 2.28. The van der Waals surface area contributed by atoms with Crippen LogP contribution in [0.25, 0.3) is 0 Å². The number of anilines is 1. The molecule has 0 aliphatic rings. The largest absolute Gasteiger partial charge is 0.348 e. The molecule has 2 aromatic carbocycles. The SMILES string of the molecule is Cc1ccc([C@@H](C)NC(=O)CN(c2cccc(Cl)c2C)S(C)(=O)=O)cc1C. The molecule has 1 atom stereocenters. The first-order valence-electron chi connectivity index (χ1n) is 8.60. The number of hydrogen-bond acceptors (Lipinski definition) is 3. The smallest absolute Gasteiger partial charge is 0.241 e. The van der Waals surface area contributed by atoms with Crippen LogP contribution in [0.2, 0.25) is 5.02 Å². The number of hydrogen-bond donors (Lipinski definition) is 1. The van der Waals surface area contributed by atoms with Gasteiger partial charge in [0.2, 0.25) is 15.9 Å². The van der Waals surface area contributed by atoms with Gasteiger partial charge in [0.25, 0.3) is 0 Å².